The van der Waals surface area contributed by atoms with Gasteiger partial charge in [0.25, 0.3) is 0 Å². The SMILES string of the molecule is COC1(C(=O)CCCc2ccccc2)CCCC1. The lowest BCUT2D eigenvalue weighted by Gasteiger charge is -2.25. The van der Waals surface area contributed by atoms with Gasteiger partial charge in [-0.05, 0) is 44.1 Å². The van der Waals surface area contributed by atoms with Crippen LogP contribution < -0.4 is 0 Å². The molecule has 1 aliphatic rings. The number of methoxy groups -OCH3 is 1. The van der Waals surface area contributed by atoms with Crippen molar-refractivity contribution in [3.63, 3.8) is 0 Å². The van der Waals surface area contributed by atoms with E-state index in [1.165, 1.54) is 5.56 Å². The third kappa shape index (κ3) is 2.99. The van der Waals surface area contributed by atoms with Crippen LogP contribution in [0.3, 0.4) is 0 Å². The minimum Gasteiger partial charge on any atom is -0.370 e. The van der Waals surface area contributed by atoms with Crippen LogP contribution in [0.4, 0.5) is 0 Å². The predicted molar refractivity (Wildman–Crippen MR) is 72.6 cm³/mol. The number of Topliss-reactive ketones (excluding diaryl/α,β-unsaturated/α-hetero) is 1. The van der Waals surface area contributed by atoms with Crippen LogP contribution in [0, 0.1) is 0 Å². The monoisotopic (exact) mass is 246 g/mol. The summed E-state index contributed by atoms with van der Waals surface area (Å²) in [5.41, 5.74) is 0.861. The van der Waals surface area contributed by atoms with Gasteiger partial charge in [-0.25, -0.2) is 0 Å². The Kier molecular flexibility index (Phi) is 4.54. The zero-order valence-corrected chi connectivity index (χ0v) is 11.2. The maximum absolute atomic E-state index is 12.3. The van der Waals surface area contributed by atoms with Gasteiger partial charge in [0.05, 0.1) is 0 Å². The second kappa shape index (κ2) is 6.14. The molecule has 0 saturated heterocycles. The van der Waals surface area contributed by atoms with Crippen molar-refractivity contribution in [2.45, 2.75) is 50.5 Å². The lowest BCUT2D eigenvalue weighted by atomic mass is 9.92. The summed E-state index contributed by atoms with van der Waals surface area (Å²) < 4.78 is 5.51. The molecule has 0 radical (unpaired) electrons. The van der Waals surface area contributed by atoms with E-state index in [0.29, 0.717) is 12.2 Å². The number of carbonyl (C=O) groups excluding carboxylic acids is 1. The van der Waals surface area contributed by atoms with Gasteiger partial charge < -0.3 is 4.74 Å². The van der Waals surface area contributed by atoms with Crippen molar-refractivity contribution in [2.75, 3.05) is 7.11 Å². The number of hydrogen-bond donors (Lipinski definition) is 0. The van der Waals surface area contributed by atoms with Crippen molar-refractivity contribution >= 4 is 5.78 Å². The van der Waals surface area contributed by atoms with Crippen molar-refractivity contribution in [3.05, 3.63) is 35.9 Å². The number of benzene rings is 1. The first-order chi connectivity index (χ1) is 8.77. The van der Waals surface area contributed by atoms with Crippen LogP contribution in [0.25, 0.3) is 0 Å². The Bertz CT molecular complexity index is 377. The third-order valence-electron chi connectivity index (χ3n) is 4.02. The number of ether oxygens (including phenoxy) is 1. The van der Waals surface area contributed by atoms with Crippen LogP contribution in [0.5, 0.6) is 0 Å². The highest BCUT2D eigenvalue weighted by Crippen LogP contribution is 2.34. The van der Waals surface area contributed by atoms with Crippen LogP contribution in [0.15, 0.2) is 30.3 Å². The molecule has 0 unspecified atom stereocenters. The lowest BCUT2D eigenvalue weighted by molar-refractivity contribution is -0.140. The summed E-state index contributed by atoms with van der Waals surface area (Å²) in [5.74, 6) is 0.304. The molecule has 0 heterocycles. The molecule has 0 aromatic heterocycles. The molecule has 0 N–H and O–H groups in total. The van der Waals surface area contributed by atoms with E-state index < -0.39 is 5.60 Å². The summed E-state index contributed by atoms with van der Waals surface area (Å²) in [5, 5.41) is 0. The van der Waals surface area contributed by atoms with Gasteiger partial charge in [-0.1, -0.05) is 30.3 Å². The molecule has 0 aliphatic heterocycles. The highest BCUT2D eigenvalue weighted by Gasteiger charge is 2.40. The predicted octanol–water partition coefficient (Wildman–Crippen LogP) is 3.54. The summed E-state index contributed by atoms with van der Waals surface area (Å²) in [7, 11) is 1.68. The standard InChI is InChI=1S/C16H22O2/c1-18-16(12-5-6-13-16)15(17)11-7-10-14-8-3-2-4-9-14/h2-4,8-9H,5-7,10-13H2,1H3. The highest BCUT2D eigenvalue weighted by molar-refractivity contribution is 5.87. The van der Waals surface area contributed by atoms with Gasteiger partial charge in [-0.15, -0.1) is 0 Å². The van der Waals surface area contributed by atoms with Crippen LogP contribution >= 0.6 is 0 Å². The van der Waals surface area contributed by atoms with Crippen LogP contribution in [-0.4, -0.2) is 18.5 Å². The molecule has 1 aromatic carbocycles. The largest absolute Gasteiger partial charge is 0.370 e. The molecule has 0 amide bonds. The van der Waals surface area contributed by atoms with Gasteiger partial charge in [0.1, 0.15) is 5.60 Å². The number of aryl methyl sites for hydroxylation is 1. The van der Waals surface area contributed by atoms with E-state index in [9.17, 15) is 4.79 Å². The van der Waals surface area contributed by atoms with E-state index in [-0.39, 0.29) is 0 Å². The van der Waals surface area contributed by atoms with Gasteiger partial charge in [0.2, 0.25) is 0 Å². The van der Waals surface area contributed by atoms with Crippen LogP contribution in [-0.2, 0) is 16.0 Å². The highest BCUT2D eigenvalue weighted by atomic mass is 16.5. The molecular weight excluding hydrogens is 224 g/mol. The van der Waals surface area contributed by atoms with Gasteiger partial charge >= 0.3 is 0 Å². The number of rotatable bonds is 6. The molecule has 2 rings (SSSR count). The van der Waals surface area contributed by atoms with E-state index >= 15 is 0 Å². The Hall–Kier alpha value is -1.15. The molecule has 98 valence electrons. The molecule has 2 nitrogen and oxygen atoms in total. The minimum absolute atomic E-state index is 0.304. The average Bonchev–Trinajstić information content (AvgIpc) is 2.90. The molecule has 0 bridgehead atoms. The average molecular weight is 246 g/mol. The fourth-order valence-corrected chi connectivity index (χ4v) is 2.87. The molecule has 1 aliphatic carbocycles. The van der Waals surface area contributed by atoms with Gasteiger partial charge in [0.15, 0.2) is 5.78 Å². The van der Waals surface area contributed by atoms with Crippen molar-refractivity contribution in [3.8, 4) is 0 Å². The summed E-state index contributed by atoms with van der Waals surface area (Å²) >= 11 is 0. The first-order valence-electron chi connectivity index (χ1n) is 6.89. The Morgan fingerprint density at radius 1 is 1.22 bits per heavy atom. The molecule has 1 fully saturated rings. The van der Waals surface area contributed by atoms with Crippen LogP contribution in [0.2, 0.25) is 0 Å². The third-order valence-corrected chi connectivity index (χ3v) is 4.02. The summed E-state index contributed by atoms with van der Waals surface area (Å²) in [6.07, 6.45) is 6.61. The fourth-order valence-electron chi connectivity index (χ4n) is 2.87. The van der Waals surface area contributed by atoms with Crippen molar-refractivity contribution in [2.24, 2.45) is 0 Å². The first-order valence-corrected chi connectivity index (χ1v) is 6.89. The summed E-state index contributed by atoms with van der Waals surface area (Å²) in [4.78, 5) is 12.3. The Balaban J connectivity index is 1.81. The quantitative estimate of drug-likeness (QED) is 0.767. The van der Waals surface area contributed by atoms with Gasteiger partial charge in [0, 0.05) is 13.5 Å². The van der Waals surface area contributed by atoms with E-state index in [1.807, 2.05) is 18.2 Å². The minimum atomic E-state index is -0.448. The molecule has 1 saturated carbocycles. The smallest absolute Gasteiger partial charge is 0.164 e. The lowest BCUT2D eigenvalue weighted by Crippen LogP contribution is -2.37. The van der Waals surface area contributed by atoms with Crippen molar-refractivity contribution < 1.29 is 9.53 Å². The normalized spacial score (nSPS) is 17.8. The van der Waals surface area contributed by atoms with E-state index in [1.54, 1.807) is 7.11 Å². The zero-order chi connectivity index (χ0) is 12.8. The van der Waals surface area contributed by atoms with Crippen molar-refractivity contribution in [1.29, 1.82) is 0 Å². The molecule has 0 atom stereocenters. The summed E-state index contributed by atoms with van der Waals surface area (Å²) in [6, 6.07) is 10.3. The van der Waals surface area contributed by atoms with E-state index in [0.717, 1.165) is 38.5 Å². The molecule has 1 aromatic rings. The second-order valence-corrected chi connectivity index (χ2v) is 5.17. The molecule has 2 heteroatoms. The number of ketones is 1. The first kappa shape index (κ1) is 13.3. The molecule has 0 spiro atoms. The number of carbonyl (C=O) groups is 1. The molecular formula is C16H22O2. The van der Waals surface area contributed by atoms with Gasteiger partial charge in [-0.3, -0.25) is 4.79 Å². The second-order valence-electron chi connectivity index (χ2n) is 5.17. The van der Waals surface area contributed by atoms with Gasteiger partial charge in [-0.2, -0.15) is 0 Å². The topological polar surface area (TPSA) is 26.3 Å². The maximum atomic E-state index is 12.3. The van der Waals surface area contributed by atoms with E-state index in [4.69, 9.17) is 4.74 Å². The number of hydrogen-bond acceptors (Lipinski definition) is 2. The Morgan fingerprint density at radius 2 is 1.89 bits per heavy atom. The Labute approximate surface area is 109 Å². The fraction of sp³-hybridized carbons (Fsp3) is 0.562. The van der Waals surface area contributed by atoms with Crippen molar-refractivity contribution in [1.82, 2.24) is 0 Å². The maximum Gasteiger partial charge on any atom is 0.164 e. The summed E-state index contributed by atoms with van der Waals surface area (Å²) in [6.45, 7) is 0. The Morgan fingerprint density at radius 3 is 2.50 bits per heavy atom. The zero-order valence-electron chi connectivity index (χ0n) is 11.2. The van der Waals surface area contributed by atoms with E-state index in [2.05, 4.69) is 12.1 Å². The van der Waals surface area contributed by atoms with Crippen LogP contribution in [0.1, 0.15) is 44.1 Å². The molecule has 18 heavy (non-hydrogen) atoms.